The summed E-state index contributed by atoms with van der Waals surface area (Å²) in [4.78, 5) is 12.5. The van der Waals surface area contributed by atoms with E-state index in [0.717, 1.165) is 27.5 Å². The zero-order valence-corrected chi connectivity index (χ0v) is 31.6. The first-order chi connectivity index (χ1) is 20.7. The van der Waals surface area contributed by atoms with Gasteiger partial charge in [0.2, 0.25) is 0 Å². The highest BCUT2D eigenvalue weighted by Gasteiger charge is 2.39. The molecule has 3 aromatic carbocycles. The van der Waals surface area contributed by atoms with E-state index in [-0.39, 0.29) is 21.4 Å². The average molecular weight is 657 g/mol. The molecule has 0 aliphatic rings. The molecule has 0 saturated carbocycles. The third-order valence-electron chi connectivity index (χ3n) is 9.62. The fourth-order valence-corrected chi connectivity index (χ4v) is 6.55. The number of hydrogen-bond donors (Lipinski definition) is 1. The minimum absolute atomic E-state index is 0.000308. The van der Waals surface area contributed by atoms with Crippen LogP contribution in [0.15, 0.2) is 30.3 Å². The summed E-state index contributed by atoms with van der Waals surface area (Å²) in [6, 6.07) is 9.49. The highest BCUT2D eigenvalue weighted by Crippen LogP contribution is 2.46. The minimum atomic E-state index is -2.20. The molecule has 248 valence electrons. The van der Waals surface area contributed by atoms with Crippen molar-refractivity contribution < 1.29 is 37.7 Å². The molecule has 1 N–H and O–H groups in total. The number of carboxylic acids is 1. The third kappa shape index (κ3) is 7.51. The Morgan fingerprint density at radius 2 is 1.20 bits per heavy atom. The van der Waals surface area contributed by atoms with Crippen LogP contribution in [0.1, 0.15) is 63.0 Å². The second kappa shape index (κ2) is 13.4. The Morgan fingerprint density at radius 3 is 1.67 bits per heavy atom. The molecule has 0 saturated heterocycles. The molecule has 0 amide bonds. The molecule has 0 fully saturated rings. The summed E-state index contributed by atoms with van der Waals surface area (Å²) < 4.78 is 36.2. The van der Waals surface area contributed by atoms with Crippen LogP contribution in [0.25, 0.3) is 21.9 Å². The van der Waals surface area contributed by atoms with Gasteiger partial charge in [0.25, 0.3) is 0 Å². The average Bonchev–Trinajstić information content (AvgIpc) is 2.95. The lowest BCUT2D eigenvalue weighted by molar-refractivity contribution is 0.0692. The van der Waals surface area contributed by atoms with E-state index in [1.54, 1.807) is 20.3 Å². The van der Waals surface area contributed by atoms with E-state index in [4.69, 9.17) is 27.8 Å². The molecule has 0 radical (unpaired) electrons. The van der Waals surface area contributed by atoms with Crippen molar-refractivity contribution in [3.63, 3.8) is 0 Å². The maximum absolute atomic E-state index is 12.5. The van der Waals surface area contributed by atoms with Gasteiger partial charge < -0.3 is 32.9 Å². The highest BCUT2D eigenvalue weighted by molar-refractivity contribution is 6.74. The van der Waals surface area contributed by atoms with Crippen molar-refractivity contribution in [2.45, 2.75) is 91.0 Å². The number of benzene rings is 3. The van der Waals surface area contributed by atoms with Gasteiger partial charge in [0.15, 0.2) is 39.6 Å². The number of fused-ring (bicyclic) bond motifs is 1. The van der Waals surface area contributed by atoms with Crippen LogP contribution in [0.3, 0.4) is 0 Å². The minimum Gasteiger partial charge on any atom is -0.493 e. The van der Waals surface area contributed by atoms with E-state index in [1.807, 2.05) is 18.2 Å². The SMILES string of the molecule is COc1cc2cc(CO[Si](C)(C)C(C)(C)C)c(CO[Si](C)(C)C(C)(C)C)c(-c3cc(OC)c(OC)c(C(=O)O)c3)c2cc1OC. The van der Waals surface area contributed by atoms with Crippen LogP contribution >= 0.6 is 0 Å². The second-order valence-corrected chi connectivity index (χ2v) is 24.1. The largest absolute Gasteiger partial charge is 0.493 e. The smallest absolute Gasteiger partial charge is 0.339 e. The number of aromatic carboxylic acids is 1. The van der Waals surface area contributed by atoms with E-state index in [0.29, 0.717) is 36.0 Å². The molecule has 0 aliphatic carbocycles. The van der Waals surface area contributed by atoms with Crippen LogP contribution in [0.5, 0.6) is 23.0 Å². The maximum Gasteiger partial charge on any atom is 0.339 e. The Balaban J connectivity index is 2.51. The Bertz CT molecular complexity index is 1550. The predicted octanol–water partition coefficient (Wildman–Crippen LogP) is 9.28. The topological polar surface area (TPSA) is 92.7 Å². The molecule has 3 aromatic rings. The standard InChI is InChI=1S/C35H52O8Si2/c1-34(2,3)44(11,12)42-20-24-15-22-17-28(38-7)29(39-8)19-25(22)31(27(24)21-43-45(13,14)35(4,5)6)23-16-26(33(36)37)32(41-10)30(18-23)40-9/h15-19H,20-21H2,1-14H3,(H,36,37). The van der Waals surface area contributed by atoms with Crippen LogP contribution in [-0.2, 0) is 22.1 Å². The second-order valence-electron chi connectivity index (χ2n) is 14.5. The van der Waals surface area contributed by atoms with Crippen LogP contribution in [0.4, 0.5) is 0 Å². The first kappa shape index (κ1) is 36.4. The molecule has 10 heteroatoms. The number of ether oxygens (including phenoxy) is 4. The Hall–Kier alpha value is -3.06. The highest BCUT2D eigenvalue weighted by atomic mass is 28.4. The molecule has 3 rings (SSSR count). The molecule has 45 heavy (non-hydrogen) atoms. The summed E-state index contributed by atoms with van der Waals surface area (Å²) in [5, 5.41) is 12.0. The maximum atomic E-state index is 12.5. The van der Waals surface area contributed by atoms with Gasteiger partial charge in [-0.15, -0.1) is 0 Å². The van der Waals surface area contributed by atoms with Gasteiger partial charge in [-0.25, -0.2) is 4.79 Å². The van der Waals surface area contributed by atoms with Crippen molar-refractivity contribution >= 4 is 33.4 Å². The molecule has 0 bridgehead atoms. The molecule has 0 aliphatic heterocycles. The van der Waals surface area contributed by atoms with Crippen molar-refractivity contribution in [2.75, 3.05) is 28.4 Å². The summed E-state index contributed by atoms with van der Waals surface area (Å²) in [5.41, 5.74) is 3.39. The molecule has 0 aromatic heterocycles. The number of methoxy groups -OCH3 is 4. The molecule has 0 atom stereocenters. The van der Waals surface area contributed by atoms with Gasteiger partial charge in [-0.3, -0.25) is 0 Å². The fraction of sp³-hybridized carbons (Fsp3) is 0.514. The van der Waals surface area contributed by atoms with Gasteiger partial charge >= 0.3 is 5.97 Å². The van der Waals surface area contributed by atoms with Gasteiger partial charge in [0.05, 0.1) is 41.7 Å². The Kier molecular flexibility index (Phi) is 10.8. The van der Waals surface area contributed by atoms with Gasteiger partial charge in [-0.2, -0.15) is 0 Å². The Labute approximate surface area is 271 Å². The van der Waals surface area contributed by atoms with Crippen LogP contribution in [0, 0.1) is 0 Å². The lowest BCUT2D eigenvalue weighted by atomic mass is 9.88. The molecule has 0 spiro atoms. The predicted molar refractivity (Wildman–Crippen MR) is 187 cm³/mol. The van der Waals surface area contributed by atoms with E-state index in [2.05, 4.69) is 73.8 Å². The van der Waals surface area contributed by atoms with Crippen LogP contribution < -0.4 is 18.9 Å². The summed E-state index contributed by atoms with van der Waals surface area (Å²) in [5.74, 6) is 0.517. The number of carboxylic acid groups (broad SMARTS) is 1. The van der Waals surface area contributed by atoms with Crippen molar-refractivity contribution in [3.05, 3.63) is 47.0 Å². The monoisotopic (exact) mass is 656 g/mol. The molecular weight excluding hydrogens is 605 g/mol. The normalized spacial score (nSPS) is 12.8. The van der Waals surface area contributed by atoms with Gasteiger partial charge in [0.1, 0.15) is 5.56 Å². The lowest BCUT2D eigenvalue weighted by Gasteiger charge is -2.38. The van der Waals surface area contributed by atoms with Crippen molar-refractivity contribution in [3.8, 4) is 34.1 Å². The van der Waals surface area contributed by atoms with Gasteiger partial charge in [0, 0.05) is 0 Å². The number of rotatable bonds is 12. The van der Waals surface area contributed by atoms with Crippen molar-refractivity contribution in [2.24, 2.45) is 0 Å². The molecule has 0 heterocycles. The number of carbonyl (C=O) groups is 1. The Morgan fingerprint density at radius 1 is 0.689 bits per heavy atom. The van der Waals surface area contributed by atoms with E-state index in [9.17, 15) is 9.90 Å². The lowest BCUT2D eigenvalue weighted by Crippen LogP contribution is -2.41. The zero-order chi connectivity index (χ0) is 34.1. The first-order valence-electron chi connectivity index (χ1n) is 15.2. The van der Waals surface area contributed by atoms with Crippen LogP contribution in [-0.4, -0.2) is 56.1 Å². The fourth-order valence-electron chi connectivity index (χ4n) is 4.66. The zero-order valence-electron chi connectivity index (χ0n) is 29.6. The third-order valence-corrected chi connectivity index (χ3v) is 18.6. The molecule has 0 unspecified atom stereocenters. The van der Waals surface area contributed by atoms with Crippen molar-refractivity contribution in [1.82, 2.24) is 0 Å². The quantitative estimate of drug-likeness (QED) is 0.193. The summed E-state index contributed by atoms with van der Waals surface area (Å²) in [7, 11) is 1.82. The van der Waals surface area contributed by atoms with E-state index < -0.39 is 22.6 Å². The molecule has 8 nitrogen and oxygen atoms in total. The van der Waals surface area contributed by atoms with Crippen LogP contribution in [0.2, 0.25) is 36.3 Å². The summed E-state index contributed by atoms with van der Waals surface area (Å²) in [6.07, 6.45) is 0. The van der Waals surface area contributed by atoms with E-state index >= 15 is 0 Å². The summed E-state index contributed by atoms with van der Waals surface area (Å²) in [6.45, 7) is 22.9. The van der Waals surface area contributed by atoms with E-state index in [1.165, 1.54) is 14.2 Å². The van der Waals surface area contributed by atoms with Gasteiger partial charge in [-0.05, 0) is 99.6 Å². The van der Waals surface area contributed by atoms with Crippen molar-refractivity contribution in [1.29, 1.82) is 0 Å². The molecular formula is C35H52O8Si2. The summed E-state index contributed by atoms with van der Waals surface area (Å²) >= 11 is 0. The first-order valence-corrected chi connectivity index (χ1v) is 21.0. The van der Waals surface area contributed by atoms with Gasteiger partial charge in [-0.1, -0.05) is 41.5 Å². The number of hydrogen-bond acceptors (Lipinski definition) is 7.